The fourth-order valence-corrected chi connectivity index (χ4v) is 3.29. The van der Waals surface area contributed by atoms with Gasteiger partial charge in [-0.2, -0.15) is 0 Å². The van der Waals surface area contributed by atoms with Gasteiger partial charge in [-0.1, -0.05) is 12.8 Å². The average molecular weight is 217 g/mol. The minimum Gasteiger partial charge on any atom is -0.355 e. The molecule has 86 valence electrons. The van der Waals surface area contributed by atoms with Gasteiger partial charge < -0.3 is 4.90 Å². The van der Waals surface area contributed by atoms with Crippen molar-refractivity contribution in [3.8, 4) is 0 Å². The number of anilines is 1. The van der Waals surface area contributed by atoms with Crippen LogP contribution >= 0.6 is 0 Å². The van der Waals surface area contributed by atoms with E-state index in [0.29, 0.717) is 5.41 Å². The Hall–Kier alpha value is -1.12. The quantitative estimate of drug-likeness (QED) is 0.724. The Kier molecular flexibility index (Phi) is 2.54. The van der Waals surface area contributed by atoms with Gasteiger partial charge in [-0.3, -0.25) is 4.98 Å². The smallest absolute Gasteiger partial charge is 0.147 e. The molecule has 3 rings (SSSR count). The van der Waals surface area contributed by atoms with Crippen molar-refractivity contribution in [1.82, 2.24) is 9.97 Å². The van der Waals surface area contributed by atoms with E-state index in [2.05, 4.69) is 14.9 Å². The van der Waals surface area contributed by atoms with E-state index in [4.69, 9.17) is 0 Å². The van der Waals surface area contributed by atoms with E-state index in [0.717, 1.165) is 5.82 Å². The second kappa shape index (κ2) is 4.04. The highest BCUT2D eigenvalue weighted by Gasteiger charge is 2.37. The van der Waals surface area contributed by atoms with Gasteiger partial charge in [-0.15, -0.1) is 0 Å². The van der Waals surface area contributed by atoms with Crippen LogP contribution in [0.5, 0.6) is 0 Å². The summed E-state index contributed by atoms with van der Waals surface area (Å²) in [6.45, 7) is 2.33. The molecule has 0 N–H and O–H groups in total. The van der Waals surface area contributed by atoms with Crippen molar-refractivity contribution < 1.29 is 0 Å². The maximum Gasteiger partial charge on any atom is 0.147 e. The summed E-state index contributed by atoms with van der Waals surface area (Å²) in [4.78, 5) is 10.9. The van der Waals surface area contributed by atoms with E-state index < -0.39 is 0 Å². The van der Waals surface area contributed by atoms with Crippen LogP contribution in [-0.2, 0) is 0 Å². The lowest BCUT2D eigenvalue weighted by atomic mass is 9.77. The van der Waals surface area contributed by atoms with Crippen molar-refractivity contribution in [3.05, 3.63) is 18.6 Å². The van der Waals surface area contributed by atoms with Crippen molar-refractivity contribution in [2.24, 2.45) is 5.41 Å². The van der Waals surface area contributed by atoms with Gasteiger partial charge >= 0.3 is 0 Å². The predicted octanol–water partition coefficient (Wildman–Crippen LogP) is 2.64. The largest absolute Gasteiger partial charge is 0.355 e. The zero-order valence-corrected chi connectivity index (χ0v) is 9.73. The summed E-state index contributed by atoms with van der Waals surface area (Å²) in [5.41, 5.74) is 0.693. The summed E-state index contributed by atoms with van der Waals surface area (Å²) < 4.78 is 0. The van der Waals surface area contributed by atoms with Gasteiger partial charge in [0.05, 0.1) is 6.20 Å². The molecule has 1 aromatic rings. The first-order valence-electron chi connectivity index (χ1n) is 6.39. The zero-order chi connectivity index (χ0) is 10.8. The molecule has 0 unspecified atom stereocenters. The fraction of sp³-hybridized carbons (Fsp3) is 0.692. The van der Waals surface area contributed by atoms with Gasteiger partial charge in [-0.25, -0.2) is 4.98 Å². The lowest BCUT2D eigenvalue weighted by Gasteiger charge is -2.39. The minimum atomic E-state index is 0.693. The molecule has 1 saturated heterocycles. The van der Waals surface area contributed by atoms with Crippen LogP contribution in [0.4, 0.5) is 5.82 Å². The molecular weight excluding hydrogens is 198 g/mol. The van der Waals surface area contributed by atoms with E-state index in [1.807, 2.05) is 6.20 Å². The Labute approximate surface area is 96.9 Å². The van der Waals surface area contributed by atoms with Crippen LogP contribution in [0, 0.1) is 5.41 Å². The van der Waals surface area contributed by atoms with E-state index in [9.17, 15) is 0 Å². The number of aromatic nitrogens is 2. The molecule has 0 bridgehead atoms. The van der Waals surface area contributed by atoms with Crippen LogP contribution < -0.4 is 4.90 Å². The highest BCUT2D eigenvalue weighted by Crippen LogP contribution is 2.46. The Balaban J connectivity index is 1.66. The average Bonchev–Trinajstić information content (AvgIpc) is 2.80. The monoisotopic (exact) mass is 217 g/mol. The van der Waals surface area contributed by atoms with Crippen molar-refractivity contribution in [2.45, 2.75) is 38.5 Å². The standard InChI is InChI=1S/C13H19N3/c1-2-4-13(3-1)5-9-16(10-6-13)12-11-14-7-8-15-12/h7-8,11H,1-6,9-10H2. The molecule has 3 heteroatoms. The van der Waals surface area contributed by atoms with E-state index >= 15 is 0 Å². The maximum atomic E-state index is 4.38. The summed E-state index contributed by atoms with van der Waals surface area (Å²) in [5.74, 6) is 1.05. The zero-order valence-electron chi connectivity index (χ0n) is 9.73. The first kappa shape index (κ1) is 10.1. The number of piperidine rings is 1. The second-order valence-electron chi connectivity index (χ2n) is 5.26. The normalized spacial score (nSPS) is 23.9. The number of nitrogens with zero attached hydrogens (tertiary/aromatic N) is 3. The van der Waals surface area contributed by atoms with E-state index in [1.54, 1.807) is 12.4 Å². The third-order valence-electron chi connectivity index (χ3n) is 4.36. The number of rotatable bonds is 1. The SMILES string of the molecule is c1cnc(N2CCC3(CCCC3)CC2)cn1. The van der Waals surface area contributed by atoms with Crippen molar-refractivity contribution >= 4 is 5.82 Å². The van der Waals surface area contributed by atoms with Crippen LogP contribution in [0.3, 0.4) is 0 Å². The summed E-state index contributed by atoms with van der Waals surface area (Å²) in [6.07, 6.45) is 13.9. The van der Waals surface area contributed by atoms with Gasteiger partial charge in [0.1, 0.15) is 5.82 Å². The summed E-state index contributed by atoms with van der Waals surface area (Å²) in [6, 6.07) is 0. The Morgan fingerprint density at radius 2 is 1.75 bits per heavy atom. The van der Waals surface area contributed by atoms with E-state index in [-0.39, 0.29) is 0 Å². The number of hydrogen-bond acceptors (Lipinski definition) is 3. The van der Waals surface area contributed by atoms with E-state index in [1.165, 1.54) is 51.6 Å². The lowest BCUT2D eigenvalue weighted by Crippen LogP contribution is -2.39. The summed E-state index contributed by atoms with van der Waals surface area (Å²) >= 11 is 0. The second-order valence-corrected chi connectivity index (χ2v) is 5.26. The minimum absolute atomic E-state index is 0.693. The molecule has 0 amide bonds. The van der Waals surface area contributed by atoms with Crippen molar-refractivity contribution in [1.29, 1.82) is 0 Å². The first-order chi connectivity index (χ1) is 7.88. The van der Waals surface area contributed by atoms with Crippen LogP contribution in [0.25, 0.3) is 0 Å². The third kappa shape index (κ3) is 1.79. The maximum absolute atomic E-state index is 4.38. The summed E-state index contributed by atoms with van der Waals surface area (Å²) in [7, 11) is 0. The summed E-state index contributed by atoms with van der Waals surface area (Å²) in [5, 5.41) is 0. The van der Waals surface area contributed by atoms with Gasteiger partial charge in [-0.05, 0) is 31.1 Å². The molecule has 0 atom stereocenters. The molecule has 16 heavy (non-hydrogen) atoms. The molecule has 1 aromatic heterocycles. The lowest BCUT2D eigenvalue weighted by molar-refractivity contribution is 0.226. The molecule has 1 aliphatic carbocycles. The highest BCUT2D eigenvalue weighted by atomic mass is 15.2. The Morgan fingerprint density at radius 3 is 2.38 bits per heavy atom. The van der Waals surface area contributed by atoms with Crippen LogP contribution in [0.1, 0.15) is 38.5 Å². The van der Waals surface area contributed by atoms with Gasteiger partial charge in [0, 0.05) is 25.5 Å². The highest BCUT2D eigenvalue weighted by molar-refractivity contribution is 5.35. The van der Waals surface area contributed by atoms with Crippen molar-refractivity contribution in [3.63, 3.8) is 0 Å². The topological polar surface area (TPSA) is 29.0 Å². The third-order valence-corrected chi connectivity index (χ3v) is 4.36. The molecule has 0 radical (unpaired) electrons. The molecule has 2 fully saturated rings. The van der Waals surface area contributed by atoms with Crippen molar-refractivity contribution in [2.75, 3.05) is 18.0 Å². The van der Waals surface area contributed by atoms with Gasteiger partial charge in [0.25, 0.3) is 0 Å². The molecule has 0 aromatic carbocycles. The molecule has 2 heterocycles. The predicted molar refractivity (Wildman–Crippen MR) is 64.4 cm³/mol. The molecule has 3 nitrogen and oxygen atoms in total. The molecular formula is C13H19N3. The molecule has 1 spiro atoms. The first-order valence-corrected chi connectivity index (χ1v) is 6.39. The van der Waals surface area contributed by atoms with Gasteiger partial charge in [0.2, 0.25) is 0 Å². The molecule has 2 aliphatic rings. The Morgan fingerprint density at radius 1 is 1.00 bits per heavy atom. The van der Waals surface area contributed by atoms with Gasteiger partial charge in [0.15, 0.2) is 0 Å². The Bertz CT molecular complexity index is 333. The number of hydrogen-bond donors (Lipinski definition) is 0. The fourth-order valence-electron chi connectivity index (χ4n) is 3.29. The molecule has 1 saturated carbocycles. The van der Waals surface area contributed by atoms with Crippen LogP contribution in [-0.4, -0.2) is 23.1 Å². The molecule has 1 aliphatic heterocycles. The van der Waals surface area contributed by atoms with Crippen LogP contribution in [0.2, 0.25) is 0 Å². The van der Waals surface area contributed by atoms with Crippen LogP contribution in [0.15, 0.2) is 18.6 Å².